The number of fused-ring (bicyclic) bond motifs is 1. The minimum absolute atomic E-state index is 0.180. The van der Waals surface area contributed by atoms with Crippen molar-refractivity contribution in [3.8, 4) is 0 Å². The first-order chi connectivity index (χ1) is 7.15. The highest BCUT2D eigenvalue weighted by atomic mass is 32.1. The predicted molar refractivity (Wildman–Crippen MR) is 61.7 cm³/mol. The van der Waals surface area contributed by atoms with Gasteiger partial charge in [-0.2, -0.15) is 0 Å². The predicted octanol–water partition coefficient (Wildman–Crippen LogP) is 3.97. The van der Waals surface area contributed by atoms with E-state index in [1.807, 2.05) is 13.8 Å². The molecule has 2 aromatic rings. The van der Waals surface area contributed by atoms with E-state index in [4.69, 9.17) is 4.74 Å². The van der Waals surface area contributed by atoms with Gasteiger partial charge in [0.05, 0.1) is 12.7 Å². The number of hydrogen-bond acceptors (Lipinski definition) is 2. The lowest BCUT2D eigenvalue weighted by atomic mass is 10.2. The molecule has 1 heterocycles. The summed E-state index contributed by atoms with van der Waals surface area (Å²) in [5, 5.41) is 1.09. The highest BCUT2D eigenvalue weighted by Crippen LogP contribution is 2.26. The minimum Gasteiger partial charge on any atom is -0.373 e. The van der Waals surface area contributed by atoms with Crippen molar-refractivity contribution in [3.05, 3.63) is 35.0 Å². The Morgan fingerprint density at radius 1 is 1.33 bits per heavy atom. The molecule has 0 N–H and O–H groups in total. The van der Waals surface area contributed by atoms with Crippen LogP contribution >= 0.6 is 11.3 Å². The van der Waals surface area contributed by atoms with Crippen LogP contribution in [0.4, 0.5) is 4.39 Å². The third-order valence-corrected chi connectivity index (χ3v) is 3.16. The molecule has 0 radical (unpaired) electrons. The molecule has 2 rings (SSSR count). The van der Waals surface area contributed by atoms with Gasteiger partial charge in [0.15, 0.2) is 0 Å². The first-order valence-corrected chi connectivity index (χ1v) is 5.76. The van der Waals surface area contributed by atoms with Crippen molar-refractivity contribution in [2.45, 2.75) is 26.6 Å². The maximum atomic E-state index is 12.9. The monoisotopic (exact) mass is 224 g/mol. The third-order valence-electron chi connectivity index (χ3n) is 2.09. The Balaban J connectivity index is 2.23. The zero-order valence-electron chi connectivity index (χ0n) is 8.79. The SMILES string of the molecule is CC(C)OCc1cc2ccc(F)cc2s1. The fourth-order valence-corrected chi connectivity index (χ4v) is 2.39. The Morgan fingerprint density at radius 3 is 2.87 bits per heavy atom. The van der Waals surface area contributed by atoms with Crippen LogP contribution in [0.5, 0.6) is 0 Å². The van der Waals surface area contributed by atoms with E-state index in [1.165, 1.54) is 6.07 Å². The van der Waals surface area contributed by atoms with E-state index >= 15 is 0 Å². The lowest BCUT2D eigenvalue weighted by molar-refractivity contribution is 0.0675. The minimum atomic E-state index is -0.180. The second-order valence-corrected chi connectivity index (χ2v) is 4.92. The van der Waals surface area contributed by atoms with Crippen molar-refractivity contribution in [2.75, 3.05) is 0 Å². The first kappa shape index (κ1) is 10.6. The second-order valence-electron chi connectivity index (χ2n) is 3.75. The molecule has 0 amide bonds. The summed E-state index contributed by atoms with van der Waals surface area (Å²) in [5.74, 6) is -0.180. The molecule has 0 aliphatic carbocycles. The standard InChI is InChI=1S/C12H13FOS/c1-8(2)14-7-11-5-9-3-4-10(13)6-12(9)15-11/h3-6,8H,7H2,1-2H3. The molecule has 1 aromatic carbocycles. The molecule has 1 aromatic heterocycles. The van der Waals surface area contributed by atoms with Crippen LogP contribution in [0.1, 0.15) is 18.7 Å². The van der Waals surface area contributed by atoms with Crippen molar-refractivity contribution in [3.63, 3.8) is 0 Å². The molecule has 80 valence electrons. The average molecular weight is 224 g/mol. The number of thiophene rings is 1. The number of rotatable bonds is 3. The molecule has 0 spiro atoms. The van der Waals surface area contributed by atoms with Gasteiger partial charge in [-0.25, -0.2) is 4.39 Å². The summed E-state index contributed by atoms with van der Waals surface area (Å²) < 4.78 is 19.4. The second kappa shape index (κ2) is 4.29. The highest BCUT2D eigenvalue weighted by molar-refractivity contribution is 7.19. The van der Waals surface area contributed by atoms with Crippen LogP contribution in [0.2, 0.25) is 0 Å². The lowest BCUT2D eigenvalue weighted by Crippen LogP contribution is -2.00. The van der Waals surface area contributed by atoms with Gasteiger partial charge in [-0.05, 0) is 37.4 Å². The van der Waals surface area contributed by atoms with Gasteiger partial charge in [0.1, 0.15) is 5.82 Å². The first-order valence-electron chi connectivity index (χ1n) is 4.95. The number of ether oxygens (including phenoxy) is 1. The van der Waals surface area contributed by atoms with E-state index in [2.05, 4.69) is 6.07 Å². The number of halogens is 1. The Kier molecular flexibility index (Phi) is 3.03. The van der Waals surface area contributed by atoms with Crippen molar-refractivity contribution in [2.24, 2.45) is 0 Å². The van der Waals surface area contributed by atoms with E-state index in [1.54, 1.807) is 23.5 Å². The maximum absolute atomic E-state index is 12.9. The molecule has 0 atom stereocenters. The summed E-state index contributed by atoms with van der Waals surface area (Å²) in [6.45, 7) is 4.62. The normalized spacial score (nSPS) is 11.5. The summed E-state index contributed by atoms with van der Waals surface area (Å²) >= 11 is 1.59. The van der Waals surface area contributed by atoms with Crippen LogP contribution in [0.3, 0.4) is 0 Å². The third kappa shape index (κ3) is 2.55. The lowest BCUT2D eigenvalue weighted by Gasteiger charge is -2.04. The molecule has 0 saturated carbocycles. The molecular weight excluding hydrogens is 211 g/mol. The zero-order valence-corrected chi connectivity index (χ0v) is 9.60. The molecule has 15 heavy (non-hydrogen) atoms. The van der Waals surface area contributed by atoms with Crippen LogP contribution in [0.25, 0.3) is 10.1 Å². The van der Waals surface area contributed by atoms with Crippen molar-refractivity contribution in [1.82, 2.24) is 0 Å². The quantitative estimate of drug-likeness (QED) is 0.766. The molecular formula is C12H13FOS. The summed E-state index contributed by atoms with van der Waals surface area (Å²) in [6.07, 6.45) is 0.229. The van der Waals surface area contributed by atoms with E-state index in [9.17, 15) is 4.39 Å². The fraction of sp³-hybridized carbons (Fsp3) is 0.333. The van der Waals surface area contributed by atoms with Gasteiger partial charge in [0, 0.05) is 9.58 Å². The topological polar surface area (TPSA) is 9.23 Å². The summed E-state index contributed by atoms with van der Waals surface area (Å²) in [5.41, 5.74) is 0. The van der Waals surface area contributed by atoms with E-state index < -0.39 is 0 Å². The van der Waals surface area contributed by atoms with Gasteiger partial charge >= 0.3 is 0 Å². The number of benzene rings is 1. The van der Waals surface area contributed by atoms with Gasteiger partial charge in [0.25, 0.3) is 0 Å². The van der Waals surface area contributed by atoms with Gasteiger partial charge in [-0.3, -0.25) is 0 Å². The van der Waals surface area contributed by atoms with Crippen LogP contribution in [0, 0.1) is 5.82 Å². The van der Waals surface area contributed by atoms with Gasteiger partial charge in [-0.1, -0.05) is 6.07 Å². The largest absolute Gasteiger partial charge is 0.373 e. The van der Waals surface area contributed by atoms with Gasteiger partial charge in [0.2, 0.25) is 0 Å². The van der Waals surface area contributed by atoms with Crippen LogP contribution in [-0.4, -0.2) is 6.10 Å². The van der Waals surface area contributed by atoms with Gasteiger partial charge < -0.3 is 4.74 Å². The molecule has 1 nitrogen and oxygen atoms in total. The van der Waals surface area contributed by atoms with Crippen molar-refractivity contribution < 1.29 is 9.13 Å². The van der Waals surface area contributed by atoms with Crippen molar-refractivity contribution in [1.29, 1.82) is 0 Å². The molecule has 3 heteroatoms. The van der Waals surface area contributed by atoms with Crippen LogP contribution < -0.4 is 0 Å². The molecule has 0 fully saturated rings. The zero-order chi connectivity index (χ0) is 10.8. The molecule has 0 aliphatic rings. The Hall–Kier alpha value is -0.930. The van der Waals surface area contributed by atoms with Gasteiger partial charge in [-0.15, -0.1) is 11.3 Å². The van der Waals surface area contributed by atoms with E-state index in [0.29, 0.717) is 6.61 Å². The average Bonchev–Trinajstić information content (AvgIpc) is 2.56. The molecule has 0 unspecified atom stereocenters. The highest BCUT2D eigenvalue weighted by Gasteiger charge is 2.03. The van der Waals surface area contributed by atoms with E-state index in [-0.39, 0.29) is 11.9 Å². The number of hydrogen-bond donors (Lipinski definition) is 0. The Labute approximate surface area is 92.5 Å². The Morgan fingerprint density at radius 2 is 2.13 bits per heavy atom. The van der Waals surface area contributed by atoms with Crippen molar-refractivity contribution >= 4 is 21.4 Å². The summed E-state index contributed by atoms with van der Waals surface area (Å²) in [6, 6.07) is 6.92. The summed E-state index contributed by atoms with van der Waals surface area (Å²) in [4.78, 5) is 1.14. The molecule has 0 aliphatic heterocycles. The van der Waals surface area contributed by atoms with E-state index in [0.717, 1.165) is 15.0 Å². The smallest absolute Gasteiger partial charge is 0.124 e. The molecule has 0 bridgehead atoms. The molecule has 0 saturated heterocycles. The maximum Gasteiger partial charge on any atom is 0.124 e. The summed E-state index contributed by atoms with van der Waals surface area (Å²) in [7, 11) is 0. The van der Waals surface area contributed by atoms with Crippen LogP contribution in [0.15, 0.2) is 24.3 Å². The Bertz CT molecular complexity index is 462. The van der Waals surface area contributed by atoms with Crippen LogP contribution in [-0.2, 0) is 11.3 Å². The fourth-order valence-electron chi connectivity index (χ4n) is 1.38.